The highest BCUT2D eigenvalue weighted by Crippen LogP contribution is 2.23. The van der Waals surface area contributed by atoms with Crippen LogP contribution < -0.4 is 0 Å². The number of benzene rings is 2. The molecule has 0 aliphatic carbocycles. The predicted octanol–water partition coefficient (Wildman–Crippen LogP) is 13.4. The van der Waals surface area contributed by atoms with Gasteiger partial charge in [-0.05, 0) is 83.2 Å². The Morgan fingerprint density at radius 2 is 1.25 bits per heavy atom. The van der Waals surface area contributed by atoms with Gasteiger partial charge in [-0.1, -0.05) is 135 Å². The predicted molar refractivity (Wildman–Crippen MR) is 202 cm³/mol. The van der Waals surface area contributed by atoms with Crippen LogP contribution in [0.1, 0.15) is 132 Å². The van der Waals surface area contributed by atoms with Gasteiger partial charge in [0.2, 0.25) is 0 Å². The number of unbranched alkanes of at least 4 members (excludes halogenated alkanes) is 2. The van der Waals surface area contributed by atoms with Crippen LogP contribution >= 0.6 is 0 Å². The maximum absolute atomic E-state index is 11.1. The maximum atomic E-state index is 11.1. The Morgan fingerprint density at radius 3 is 1.61 bits per heavy atom. The molecule has 0 aliphatic rings. The zero-order chi connectivity index (χ0) is 34.5. The van der Waals surface area contributed by atoms with E-state index in [4.69, 9.17) is 0 Å². The van der Waals surface area contributed by atoms with Crippen molar-refractivity contribution in [2.24, 2.45) is 4.99 Å². The summed E-state index contributed by atoms with van der Waals surface area (Å²) in [5.41, 5.74) is 8.82. The van der Waals surface area contributed by atoms with Crippen LogP contribution in [0, 0.1) is 13.8 Å². The molecule has 0 atom stereocenters. The molecule has 0 amide bonds. The summed E-state index contributed by atoms with van der Waals surface area (Å²) in [6, 6.07) is 16.3. The van der Waals surface area contributed by atoms with Crippen LogP contribution in [0.25, 0.3) is 5.57 Å². The van der Waals surface area contributed by atoms with Crippen LogP contribution in [-0.4, -0.2) is 16.9 Å². The van der Waals surface area contributed by atoms with Gasteiger partial charge in [0.25, 0.3) is 0 Å². The van der Waals surface area contributed by atoms with Crippen molar-refractivity contribution in [1.29, 1.82) is 0 Å². The molecule has 0 aliphatic heterocycles. The molecular weight excluding hydrogens is 536 g/mol. The third kappa shape index (κ3) is 20.4. The molecular formula is C41H66N2O. The quantitative estimate of drug-likeness (QED) is 0.200. The van der Waals surface area contributed by atoms with Crippen molar-refractivity contribution in [1.82, 2.24) is 4.90 Å². The molecule has 0 spiro atoms. The zero-order valence-corrected chi connectivity index (χ0v) is 31.0. The van der Waals surface area contributed by atoms with E-state index in [0.717, 1.165) is 23.4 Å². The fourth-order valence-corrected chi connectivity index (χ4v) is 3.45. The summed E-state index contributed by atoms with van der Waals surface area (Å²) in [6.07, 6.45) is 14.0. The van der Waals surface area contributed by atoms with Gasteiger partial charge < -0.3 is 4.90 Å². The average molecular weight is 603 g/mol. The summed E-state index contributed by atoms with van der Waals surface area (Å²) in [5.74, 6) is 0.0369. The van der Waals surface area contributed by atoms with E-state index in [1.54, 1.807) is 19.2 Å². The number of rotatable bonds is 10. The minimum Gasteiger partial charge on any atom is -0.326 e. The highest BCUT2D eigenvalue weighted by molar-refractivity contribution is 6.12. The first kappa shape index (κ1) is 45.0. The molecule has 2 aromatic carbocycles. The molecule has 0 unspecified atom stereocenters. The zero-order valence-electron chi connectivity index (χ0n) is 31.0. The van der Waals surface area contributed by atoms with Gasteiger partial charge in [-0.25, -0.2) is 0 Å². The molecule has 0 bridgehead atoms. The topological polar surface area (TPSA) is 32.7 Å². The van der Waals surface area contributed by atoms with Gasteiger partial charge >= 0.3 is 0 Å². The Bertz CT molecular complexity index is 1160. The van der Waals surface area contributed by atoms with E-state index in [1.165, 1.54) is 48.1 Å². The SMILES string of the molecule is C/C=C(/C=Nc1ccccc1C)C(C)=O.C=C(C)N(/C=C(\C)c1ccccc1C)/C(=C\C)CC.CC.CCCC.CCCC. The molecule has 0 aromatic heterocycles. The maximum Gasteiger partial charge on any atom is 0.161 e. The first-order valence-electron chi connectivity index (χ1n) is 16.6. The van der Waals surface area contributed by atoms with Crippen molar-refractivity contribution in [2.45, 2.75) is 129 Å². The van der Waals surface area contributed by atoms with Crippen molar-refractivity contribution in [2.75, 3.05) is 0 Å². The van der Waals surface area contributed by atoms with Crippen molar-refractivity contribution < 1.29 is 4.79 Å². The number of Topliss-reactive ketones (excluding diaryl/α,β-unsaturated/α-hetero) is 1. The van der Waals surface area contributed by atoms with Crippen LogP contribution in [-0.2, 0) is 4.79 Å². The molecule has 0 fully saturated rings. The van der Waals surface area contributed by atoms with Gasteiger partial charge in [0, 0.05) is 29.4 Å². The van der Waals surface area contributed by atoms with Gasteiger partial charge in [-0.3, -0.25) is 9.79 Å². The van der Waals surface area contributed by atoms with Crippen LogP contribution in [0.5, 0.6) is 0 Å². The number of para-hydroxylation sites is 1. The smallest absolute Gasteiger partial charge is 0.161 e. The third-order valence-corrected chi connectivity index (χ3v) is 6.48. The Hall–Kier alpha value is -3.46. The number of aliphatic imine (C=N–C) groups is 1. The fourth-order valence-electron chi connectivity index (χ4n) is 3.45. The highest BCUT2D eigenvalue weighted by atomic mass is 16.1. The summed E-state index contributed by atoms with van der Waals surface area (Å²) >= 11 is 0. The largest absolute Gasteiger partial charge is 0.326 e. The molecule has 2 aromatic rings. The van der Waals surface area contributed by atoms with E-state index in [2.05, 4.69) is 108 Å². The number of ketones is 1. The van der Waals surface area contributed by atoms with Gasteiger partial charge in [0.1, 0.15) is 0 Å². The van der Waals surface area contributed by atoms with Crippen molar-refractivity contribution >= 4 is 23.3 Å². The highest BCUT2D eigenvalue weighted by Gasteiger charge is 2.07. The van der Waals surface area contributed by atoms with Crippen LogP contribution in [0.3, 0.4) is 0 Å². The second-order valence-electron chi connectivity index (χ2n) is 10.2. The molecule has 0 saturated heterocycles. The molecule has 0 N–H and O–H groups in total. The Balaban J connectivity index is -0.000000595. The van der Waals surface area contributed by atoms with Crippen molar-refractivity contribution in [3.8, 4) is 0 Å². The lowest BCUT2D eigenvalue weighted by Crippen LogP contribution is -2.13. The second kappa shape index (κ2) is 29.6. The standard InChI is InChI=1S/C18H25N.C13H15NO.2C4H10.C2H6/c1-7-17(8-2)19(14(3)4)13-16(6)18-12-10-9-11-15(18)5;1-4-12(11(3)15)9-14-13-8-6-5-7-10(13)2;2*1-3-4-2;1-2/h7,9-13H,3,8H2,1-2,4-6H3;4-9H,1-3H3;2*3-4H2,1-2H3;1-2H3/b16-13+,17-7-;12-4-,14-9?;;;. The molecule has 246 valence electrons. The first-order valence-corrected chi connectivity index (χ1v) is 16.6. The summed E-state index contributed by atoms with van der Waals surface area (Å²) in [6.45, 7) is 32.8. The summed E-state index contributed by atoms with van der Waals surface area (Å²) in [5, 5.41) is 0. The monoisotopic (exact) mass is 603 g/mol. The first-order chi connectivity index (χ1) is 21.0. The van der Waals surface area contributed by atoms with Crippen LogP contribution in [0.4, 0.5) is 5.69 Å². The molecule has 0 saturated carbocycles. The molecule has 3 nitrogen and oxygen atoms in total. The lowest BCUT2D eigenvalue weighted by Gasteiger charge is -2.24. The summed E-state index contributed by atoms with van der Waals surface area (Å²) < 4.78 is 0. The number of allylic oxidation sites excluding steroid dienone is 6. The van der Waals surface area contributed by atoms with E-state index in [9.17, 15) is 4.79 Å². The van der Waals surface area contributed by atoms with E-state index in [0.29, 0.717) is 5.57 Å². The molecule has 0 radical (unpaired) electrons. The van der Waals surface area contributed by atoms with E-state index < -0.39 is 0 Å². The summed E-state index contributed by atoms with van der Waals surface area (Å²) in [7, 11) is 0. The minimum absolute atomic E-state index is 0.0369. The van der Waals surface area contributed by atoms with Gasteiger partial charge in [-0.15, -0.1) is 0 Å². The lowest BCUT2D eigenvalue weighted by molar-refractivity contribution is -0.113. The van der Waals surface area contributed by atoms with E-state index >= 15 is 0 Å². The number of hydrogen-bond donors (Lipinski definition) is 0. The van der Waals surface area contributed by atoms with E-state index in [1.807, 2.05) is 58.9 Å². The molecule has 3 heteroatoms. The number of aryl methyl sites for hydroxylation is 2. The third-order valence-electron chi connectivity index (χ3n) is 6.48. The van der Waals surface area contributed by atoms with Gasteiger partial charge in [0.05, 0.1) is 5.69 Å². The number of nitrogens with zero attached hydrogens (tertiary/aromatic N) is 2. The average Bonchev–Trinajstić information content (AvgIpc) is 3.03. The van der Waals surface area contributed by atoms with Crippen molar-refractivity contribution in [3.05, 3.63) is 107 Å². The van der Waals surface area contributed by atoms with Gasteiger partial charge in [0.15, 0.2) is 5.78 Å². The Kier molecular flexibility index (Phi) is 30.3. The lowest BCUT2D eigenvalue weighted by atomic mass is 10.0. The normalized spacial score (nSPS) is 11.0. The summed E-state index contributed by atoms with van der Waals surface area (Å²) in [4.78, 5) is 17.6. The number of carbonyl (C=O) groups is 1. The fraction of sp³-hybridized carbons (Fsp3) is 0.463. The van der Waals surface area contributed by atoms with Crippen molar-refractivity contribution in [3.63, 3.8) is 0 Å². The van der Waals surface area contributed by atoms with Gasteiger partial charge in [-0.2, -0.15) is 0 Å². The second-order valence-corrected chi connectivity index (χ2v) is 10.2. The minimum atomic E-state index is 0.0369. The Labute approximate surface area is 273 Å². The van der Waals surface area contributed by atoms with E-state index in [-0.39, 0.29) is 5.78 Å². The molecule has 44 heavy (non-hydrogen) atoms. The Morgan fingerprint density at radius 1 is 0.773 bits per heavy atom. The number of hydrogen-bond acceptors (Lipinski definition) is 3. The van der Waals surface area contributed by atoms with Crippen LogP contribution in [0.2, 0.25) is 0 Å². The number of carbonyl (C=O) groups excluding carboxylic acids is 1. The van der Waals surface area contributed by atoms with Crippen LogP contribution in [0.15, 0.2) is 95.4 Å². The molecule has 2 rings (SSSR count). The molecule has 0 heterocycles.